The standard InChI is InChI=1S/C18H29NO4/c1-3-16(21)14-7-8-17(18(11-14)22-2)23-13-15(20)12-19-9-5-4-6-10-19/h7-8,11,15-16,20-21H,3-6,9-10,12-13H2,1-2H3/p+1. The van der Waals surface area contributed by atoms with Gasteiger partial charge in [-0.05, 0) is 43.4 Å². The van der Waals surface area contributed by atoms with Gasteiger partial charge >= 0.3 is 0 Å². The lowest BCUT2D eigenvalue weighted by Crippen LogP contribution is -3.14. The summed E-state index contributed by atoms with van der Waals surface area (Å²) in [6.07, 6.45) is 3.49. The first-order valence-corrected chi connectivity index (χ1v) is 8.64. The maximum absolute atomic E-state index is 10.2. The Hall–Kier alpha value is -1.30. The van der Waals surface area contributed by atoms with Crippen LogP contribution in [-0.2, 0) is 0 Å². The van der Waals surface area contributed by atoms with E-state index in [2.05, 4.69) is 0 Å². The summed E-state index contributed by atoms with van der Waals surface area (Å²) in [6.45, 7) is 5.21. The zero-order chi connectivity index (χ0) is 16.7. The van der Waals surface area contributed by atoms with Crippen LogP contribution in [0, 0.1) is 0 Å². The van der Waals surface area contributed by atoms with Gasteiger partial charge in [0, 0.05) is 0 Å². The van der Waals surface area contributed by atoms with E-state index in [0.717, 1.165) is 25.2 Å². The molecule has 0 saturated carbocycles. The van der Waals surface area contributed by atoms with Crippen LogP contribution < -0.4 is 14.4 Å². The number of methoxy groups -OCH3 is 1. The largest absolute Gasteiger partial charge is 0.493 e. The quantitative estimate of drug-likeness (QED) is 0.666. The molecule has 1 aromatic rings. The van der Waals surface area contributed by atoms with Gasteiger partial charge in [-0.3, -0.25) is 0 Å². The van der Waals surface area contributed by atoms with Crippen LogP contribution in [0.1, 0.15) is 44.3 Å². The average Bonchev–Trinajstić information content (AvgIpc) is 2.60. The fourth-order valence-corrected chi connectivity index (χ4v) is 3.08. The summed E-state index contributed by atoms with van der Waals surface area (Å²) in [5.74, 6) is 1.19. The average molecular weight is 324 g/mol. The molecule has 1 fully saturated rings. The third kappa shape index (κ3) is 5.37. The Kier molecular flexibility index (Phi) is 7.15. The van der Waals surface area contributed by atoms with Crippen LogP contribution in [0.5, 0.6) is 11.5 Å². The fourth-order valence-electron chi connectivity index (χ4n) is 3.08. The Morgan fingerprint density at radius 2 is 1.87 bits per heavy atom. The molecule has 130 valence electrons. The van der Waals surface area contributed by atoms with E-state index in [-0.39, 0.29) is 6.61 Å². The molecule has 1 saturated heterocycles. The number of rotatable bonds is 8. The van der Waals surface area contributed by atoms with Crippen molar-refractivity contribution >= 4 is 0 Å². The van der Waals surface area contributed by atoms with E-state index in [4.69, 9.17) is 9.47 Å². The summed E-state index contributed by atoms with van der Waals surface area (Å²) >= 11 is 0. The Balaban J connectivity index is 1.88. The summed E-state index contributed by atoms with van der Waals surface area (Å²) < 4.78 is 11.1. The van der Waals surface area contributed by atoms with Crippen LogP contribution in [0.15, 0.2) is 18.2 Å². The smallest absolute Gasteiger partial charge is 0.161 e. The molecule has 1 aromatic carbocycles. The second-order valence-electron chi connectivity index (χ2n) is 6.31. The highest BCUT2D eigenvalue weighted by Crippen LogP contribution is 2.31. The second-order valence-corrected chi connectivity index (χ2v) is 6.31. The van der Waals surface area contributed by atoms with Crippen LogP contribution in [0.25, 0.3) is 0 Å². The lowest BCUT2D eigenvalue weighted by molar-refractivity contribution is -0.908. The van der Waals surface area contributed by atoms with E-state index in [1.165, 1.54) is 24.2 Å². The van der Waals surface area contributed by atoms with Crippen molar-refractivity contribution in [2.75, 3.05) is 33.4 Å². The highest BCUT2D eigenvalue weighted by molar-refractivity contribution is 5.43. The van der Waals surface area contributed by atoms with E-state index >= 15 is 0 Å². The topological polar surface area (TPSA) is 63.4 Å². The van der Waals surface area contributed by atoms with Crippen LogP contribution in [0.4, 0.5) is 0 Å². The molecule has 0 aliphatic carbocycles. The normalized spacial score (nSPS) is 18.4. The van der Waals surface area contributed by atoms with Crippen molar-refractivity contribution in [2.45, 2.75) is 44.8 Å². The molecule has 0 amide bonds. The molecule has 0 spiro atoms. The first-order chi connectivity index (χ1) is 11.1. The van der Waals surface area contributed by atoms with Crippen molar-refractivity contribution < 1.29 is 24.6 Å². The highest BCUT2D eigenvalue weighted by Gasteiger charge is 2.19. The number of aliphatic hydroxyl groups is 2. The minimum atomic E-state index is -0.494. The number of likely N-dealkylation sites (tertiary alicyclic amines) is 1. The van der Waals surface area contributed by atoms with Crippen LogP contribution in [-0.4, -0.2) is 49.7 Å². The van der Waals surface area contributed by atoms with Crippen molar-refractivity contribution in [1.82, 2.24) is 0 Å². The van der Waals surface area contributed by atoms with Crippen LogP contribution >= 0.6 is 0 Å². The van der Waals surface area contributed by atoms with Gasteiger partial charge in [-0.1, -0.05) is 13.0 Å². The van der Waals surface area contributed by atoms with Gasteiger partial charge < -0.3 is 24.6 Å². The lowest BCUT2D eigenvalue weighted by Gasteiger charge is -2.25. The predicted octanol–water partition coefficient (Wildman–Crippen LogP) is 0.947. The first-order valence-electron chi connectivity index (χ1n) is 8.64. The van der Waals surface area contributed by atoms with Crippen LogP contribution in [0.3, 0.4) is 0 Å². The molecular weight excluding hydrogens is 294 g/mol. The molecule has 3 N–H and O–H groups in total. The van der Waals surface area contributed by atoms with E-state index < -0.39 is 12.2 Å². The first kappa shape index (κ1) is 18.0. The van der Waals surface area contributed by atoms with Gasteiger partial charge in [-0.2, -0.15) is 0 Å². The molecule has 5 nitrogen and oxygen atoms in total. The number of hydrogen-bond donors (Lipinski definition) is 3. The number of ether oxygens (including phenoxy) is 2. The molecule has 0 radical (unpaired) electrons. The van der Waals surface area contributed by atoms with Crippen molar-refractivity contribution in [1.29, 1.82) is 0 Å². The van der Waals surface area contributed by atoms with E-state index in [1.807, 2.05) is 13.0 Å². The molecule has 2 unspecified atom stereocenters. The van der Waals surface area contributed by atoms with Gasteiger partial charge in [0.1, 0.15) is 19.3 Å². The summed E-state index contributed by atoms with van der Waals surface area (Å²) in [5, 5.41) is 20.1. The number of quaternary nitrogens is 1. The molecule has 1 aliphatic heterocycles. The van der Waals surface area contributed by atoms with Crippen molar-refractivity contribution in [3.05, 3.63) is 23.8 Å². The Bertz CT molecular complexity index is 474. The lowest BCUT2D eigenvalue weighted by atomic mass is 10.1. The van der Waals surface area contributed by atoms with Crippen molar-refractivity contribution in [3.8, 4) is 11.5 Å². The summed E-state index contributed by atoms with van der Waals surface area (Å²) in [4.78, 5) is 1.46. The van der Waals surface area contributed by atoms with Gasteiger partial charge in [-0.15, -0.1) is 0 Å². The number of piperidine rings is 1. The number of nitrogens with one attached hydrogen (secondary N) is 1. The fraction of sp³-hybridized carbons (Fsp3) is 0.667. The maximum atomic E-state index is 10.2. The van der Waals surface area contributed by atoms with Gasteiger partial charge in [0.25, 0.3) is 0 Å². The van der Waals surface area contributed by atoms with Gasteiger partial charge in [0.15, 0.2) is 11.5 Å². The molecule has 23 heavy (non-hydrogen) atoms. The van der Waals surface area contributed by atoms with E-state index in [1.54, 1.807) is 19.2 Å². The van der Waals surface area contributed by atoms with E-state index in [0.29, 0.717) is 17.9 Å². The van der Waals surface area contributed by atoms with Crippen molar-refractivity contribution in [2.24, 2.45) is 0 Å². The molecule has 0 bridgehead atoms. The van der Waals surface area contributed by atoms with Gasteiger partial charge in [0.2, 0.25) is 0 Å². The SMILES string of the molecule is CCC(O)c1ccc(OCC(O)C[NH+]2CCCCC2)c(OC)c1. The Labute approximate surface area is 138 Å². The molecule has 2 rings (SSSR count). The Morgan fingerprint density at radius 3 is 2.52 bits per heavy atom. The van der Waals surface area contributed by atoms with Crippen molar-refractivity contribution in [3.63, 3.8) is 0 Å². The monoisotopic (exact) mass is 324 g/mol. The molecular formula is C18H30NO4+. The number of hydrogen-bond acceptors (Lipinski definition) is 4. The maximum Gasteiger partial charge on any atom is 0.161 e. The third-order valence-corrected chi connectivity index (χ3v) is 4.48. The Morgan fingerprint density at radius 1 is 1.13 bits per heavy atom. The zero-order valence-corrected chi connectivity index (χ0v) is 14.3. The minimum absolute atomic E-state index is 0.259. The third-order valence-electron chi connectivity index (χ3n) is 4.48. The van der Waals surface area contributed by atoms with Gasteiger partial charge in [-0.25, -0.2) is 0 Å². The highest BCUT2D eigenvalue weighted by atomic mass is 16.5. The predicted molar refractivity (Wildman–Crippen MR) is 89.2 cm³/mol. The van der Waals surface area contributed by atoms with E-state index in [9.17, 15) is 10.2 Å². The summed E-state index contributed by atoms with van der Waals surface area (Å²) in [6, 6.07) is 5.44. The molecule has 1 heterocycles. The molecule has 0 aromatic heterocycles. The zero-order valence-electron chi connectivity index (χ0n) is 14.3. The summed E-state index contributed by atoms with van der Waals surface area (Å²) in [7, 11) is 1.58. The summed E-state index contributed by atoms with van der Waals surface area (Å²) in [5.41, 5.74) is 0.815. The molecule has 2 atom stereocenters. The number of benzene rings is 1. The second kappa shape index (κ2) is 9.11. The van der Waals surface area contributed by atoms with Gasteiger partial charge in [0.05, 0.1) is 26.3 Å². The number of aliphatic hydroxyl groups excluding tert-OH is 2. The van der Waals surface area contributed by atoms with Crippen LogP contribution in [0.2, 0.25) is 0 Å². The minimum Gasteiger partial charge on any atom is -0.493 e. The molecule has 5 heteroatoms. The molecule has 1 aliphatic rings.